The zero-order valence-electron chi connectivity index (χ0n) is 9.67. The van der Waals surface area contributed by atoms with Crippen molar-refractivity contribution in [2.45, 2.75) is 19.6 Å². The molecule has 86 valence electrons. The number of rotatable bonds is 9. The van der Waals surface area contributed by atoms with E-state index in [9.17, 15) is 0 Å². The first-order valence-corrected chi connectivity index (χ1v) is 9.41. The van der Waals surface area contributed by atoms with Crippen LogP contribution in [0.5, 0.6) is 0 Å². The molecule has 0 rings (SSSR count). The molecule has 0 aliphatic rings. The van der Waals surface area contributed by atoms with Crippen LogP contribution in [0.25, 0.3) is 0 Å². The van der Waals surface area contributed by atoms with E-state index in [1.54, 1.807) is 7.11 Å². The molecule has 0 amide bonds. The molecule has 0 fully saturated rings. The minimum absolute atomic E-state index is 0.630. The SMILES string of the molecule is COCCOCCO[SiH2]O[Si](C)(C)C. The lowest BCUT2D eigenvalue weighted by Crippen LogP contribution is -2.29. The summed E-state index contributed by atoms with van der Waals surface area (Å²) in [5.41, 5.74) is 0. The number of hydrogen-bond donors (Lipinski definition) is 0. The standard InChI is InChI=1S/C8H22O4Si2/c1-9-5-6-10-7-8-11-13-12-14(2,3)4/h5-8,13H2,1-4H3. The lowest BCUT2D eigenvalue weighted by atomic mass is 10.7. The highest BCUT2D eigenvalue weighted by Crippen LogP contribution is 2.00. The lowest BCUT2D eigenvalue weighted by molar-refractivity contribution is 0.0529. The summed E-state index contributed by atoms with van der Waals surface area (Å²) in [4.78, 5) is 0. The van der Waals surface area contributed by atoms with Gasteiger partial charge in [-0.15, -0.1) is 0 Å². The highest BCUT2D eigenvalue weighted by Gasteiger charge is 2.12. The number of methoxy groups -OCH3 is 1. The van der Waals surface area contributed by atoms with Crippen molar-refractivity contribution in [3.05, 3.63) is 0 Å². The van der Waals surface area contributed by atoms with Gasteiger partial charge in [0.15, 0.2) is 8.32 Å². The quantitative estimate of drug-likeness (QED) is 0.433. The Hall–Kier alpha value is 0.274. The van der Waals surface area contributed by atoms with Gasteiger partial charge in [0, 0.05) is 7.11 Å². The molecule has 0 N–H and O–H groups in total. The fourth-order valence-electron chi connectivity index (χ4n) is 0.640. The van der Waals surface area contributed by atoms with Crippen molar-refractivity contribution in [3.8, 4) is 0 Å². The second-order valence-corrected chi connectivity index (χ2v) is 9.91. The maximum absolute atomic E-state index is 5.63. The average molecular weight is 238 g/mol. The smallest absolute Gasteiger partial charge is 0.294 e. The van der Waals surface area contributed by atoms with Crippen LogP contribution < -0.4 is 0 Å². The van der Waals surface area contributed by atoms with E-state index in [4.69, 9.17) is 18.0 Å². The van der Waals surface area contributed by atoms with Gasteiger partial charge < -0.3 is 18.0 Å². The Morgan fingerprint density at radius 3 is 2.21 bits per heavy atom. The van der Waals surface area contributed by atoms with Crippen LogP contribution >= 0.6 is 0 Å². The Kier molecular flexibility index (Phi) is 8.74. The van der Waals surface area contributed by atoms with E-state index in [0.29, 0.717) is 26.4 Å². The van der Waals surface area contributed by atoms with Gasteiger partial charge in [0.05, 0.1) is 26.4 Å². The van der Waals surface area contributed by atoms with Crippen LogP contribution in [0.3, 0.4) is 0 Å². The summed E-state index contributed by atoms with van der Waals surface area (Å²) in [6, 6.07) is 0. The van der Waals surface area contributed by atoms with Gasteiger partial charge in [-0.25, -0.2) is 0 Å². The molecule has 0 aromatic carbocycles. The fourth-order valence-corrected chi connectivity index (χ4v) is 2.62. The van der Waals surface area contributed by atoms with Crippen LogP contribution in [0.15, 0.2) is 0 Å². The molecule has 0 aliphatic heterocycles. The molecule has 4 nitrogen and oxygen atoms in total. The molecule has 0 bridgehead atoms. The molecule has 0 unspecified atom stereocenters. The first kappa shape index (κ1) is 14.3. The van der Waals surface area contributed by atoms with Gasteiger partial charge >= 0.3 is 0 Å². The van der Waals surface area contributed by atoms with E-state index in [1.165, 1.54) is 0 Å². The molecule has 14 heavy (non-hydrogen) atoms. The van der Waals surface area contributed by atoms with Gasteiger partial charge in [-0.1, -0.05) is 0 Å². The van der Waals surface area contributed by atoms with Crippen molar-refractivity contribution in [2.24, 2.45) is 0 Å². The fraction of sp³-hybridized carbons (Fsp3) is 1.00. The summed E-state index contributed by atoms with van der Waals surface area (Å²) >= 11 is 0. The Morgan fingerprint density at radius 1 is 1.00 bits per heavy atom. The monoisotopic (exact) mass is 238 g/mol. The first-order chi connectivity index (χ1) is 6.56. The molecule has 0 saturated heterocycles. The molecule has 0 saturated carbocycles. The predicted molar refractivity (Wildman–Crippen MR) is 61.6 cm³/mol. The van der Waals surface area contributed by atoms with Gasteiger partial charge in [-0.2, -0.15) is 0 Å². The van der Waals surface area contributed by atoms with Crippen molar-refractivity contribution in [3.63, 3.8) is 0 Å². The Morgan fingerprint density at radius 2 is 1.64 bits per heavy atom. The van der Waals surface area contributed by atoms with E-state index in [1.807, 2.05) is 0 Å². The minimum Gasteiger partial charge on any atom is -0.441 e. The molecule has 0 spiro atoms. The zero-order chi connectivity index (χ0) is 10.9. The first-order valence-electron chi connectivity index (χ1n) is 4.84. The van der Waals surface area contributed by atoms with Crippen molar-refractivity contribution < 1.29 is 18.0 Å². The Balaban J connectivity index is 2.99. The van der Waals surface area contributed by atoms with Crippen molar-refractivity contribution in [1.29, 1.82) is 0 Å². The van der Waals surface area contributed by atoms with Gasteiger partial charge in [0.1, 0.15) is 0 Å². The molecule has 0 radical (unpaired) electrons. The van der Waals surface area contributed by atoms with E-state index in [-0.39, 0.29) is 0 Å². The Bertz CT molecular complexity index is 127. The van der Waals surface area contributed by atoms with E-state index in [2.05, 4.69) is 19.6 Å². The lowest BCUT2D eigenvalue weighted by Gasteiger charge is -2.17. The molecule has 0 aromatic rings. The molecule has 0 aliphatic carbocycles. The number of hydrogen-bond acceptors (Lipinski definition) is 4. The highest BCUT2D eigenvalue weighted by molar-refractivity contribution is 6.73. The van der Waals surface area contributed by atoms with Crippen LogP contribution in [0.2, 0.25) is 19.6 Å². The van der Waals surface area contributed by atoms with Gasteiger partial charge in [0.2, 0.25) is 0 Å². The van der Waals surface area contributed by atoms with Crippen molar-refractivity contribution in [2.75, 3.05) is 33.5 Å². The van der Waals surface area contributed by atoms with Gasteiger partial charge in [0.25, 0.3) is 10.0 Å². The van der Waals surface area contributed by atoms with Crippen LogP contribution in [0.1, 0.15) is 0 Å². The maximum Gasteiger partial charge on any atom is 0.294 e. The molecular formula is C8H22O4Si2. The summed E-state index contributed by atoms with van der Waals surface area (Å²) in [7, 11) is -0.483. The van der Waals surface area contributed by atoms with Crippen LogP contribution in [0.4, 0.5) is 0 Å². The Labute approximate surface area is 90.1 Å². The summed E-state index contributed by atoms with van der Waals surface area (Å²) < 4.78 is 21.1. The summed E-state index contributed by atoms with van der Waals surface area (Å²) in [6.07, 6.45) is 0. The molecule has 0 aromatic heterocycles. The second-order valence-electron chi connectivity index (χ2n) is 3.89. The predicted octanol–water partition coefficient (Wildman–Crippen LogP) is 0.516. The van der Waals surface area contributed by atoms with Crippen molar-refractivity contribution >= 4 is 18.3 Å². The largest absolute Gasteiger partial charge is 0.441 e. The number of ether oxygens (including phenoxy) is 2. The van der Waals surface area contributed by atoms with Crippen LogP contribution in [-0.2, 0) is 18.0 Å². The molecule has 0 atom stereocenters. The topological polar surface area (TPSA) is 36.9 Å². The van der Waals surface area contributed by atoms with E-state index < -0.39 is 18.3 Å². The van der Waals surface area contributed by atoms with Gasteiger partial charge in [-0.05, 0) is 19.6 Å². The third-order valence-corrected chi connectivity index (χ3v) is 5.77. The molecular weight excluding hydrogens is 216 g/mol. The van der Waals surface area contributed by atoms with Crippen LogP contribution in [0, 0.1) is 0 Å². The zero-order valence-corrected chi connectivity index (χ0v) is 12.1. The molecule has 0 heterocycles. The summed E-state index contributed by atoms with van der Waals surface area (Å²) in [5.74, 6) is 0. The normalized spacial score (nSPS) is 12.9. The molecule has 6 heteroatoms. The average Bonchev–Trinajstić information content (AvgIpc) is 2.08. The third-order valence-electron chi connectivity index (χ3n) is 1.38. The van der Waals surface area contributed by atoms with Gasteiger partial charge in [-0.3, -0.25) is 0 Å². The third kappa shape index (κ3) is 12.3. The maximum atomic E-state index is 5.63. The second kappa shape index (κ2) is 8.57. The van der Waals surface area contributed by atoms with E-state index >= 15 is 0 Å². The summed E-state index contributed by atoms with van der Waals surface area (Å²) in [5, 5.41) is 0. The van der Waals surface area contributed by atoms with Crippen molar-refractivity contribution in [1.82, 2.24) is 0 Å². The summed E-state index contributed by atoms with van der Waals surface area (Å²) in [6.45, 7) is 9.04. The minimum atomic E-state index is -1.36. The van der Waals surface area contributed by atoms with E-state index in [0.717, 1.165) is 0 Å². The highest BCUT2D eigenvalue weighted by atomic mass is 28.4. The van der Waals surface area contributed by atoms with Crippen LogP contribution in [-0.4, -0.2) is 51.9 Å².